The van der Waals surface area contributed by atoms with Crippen molar-refractivity contribution in [1.29, 1.82) is 0 Å². The molecule has 0 aliphatic rings. The first kappa shape index (κ1) is 15.5. The number of rotatable bonds is 5. The Hall–Kier alpha value is -1.86. The highest BCUT2D eigenvalue weighted by Crippen LogP contribution is 2.22. The van der Waals surface area contributed by atoms with E-state index in [1.54, 1.807) is 36.4 Å². The largest absolute Gasteiger partial charge is 0.426 e. The average molecular weight is 368 g/mol. The minimum Gasteiger partial charge on any atom is -0.426 e. The normalized spacial score (nSPS) is 10.1. The molecular weight excluding hydrogens is 358 g/mol. The van der Waals surface area contributed by atoms with Gasteiger partial charge < -0.3 is 4.74 Å². The van der Waals surface area contributed by atoms with Gasteiger partial charge in [0.2, 0.25) is 0 Å². The van der Waals surface area contributed by atoms with Crippen LogP contribution in [0.4, 0.5) is 5.69 Å². The molecule has 0 fully saturated rings. The minimum atomic E-state index is -0.462. The molecule has 0 aromatic heterocycles. The molecule has 0 aliphatic carbocycles. The lowest BCUT2D eigenvalue weighted by Crippen LogP contribution is -2.10. The number of hydrogen-bond acceptors (Lipinski definition) is 5. The molecule has 0 radical (unpaired) electrons. The Kier molecular flexibility index (Phi) is 5.35. The van der Waals surface area contributed by atoms with Crippen molar-refractivity contribution in [1.82, 2.24) is 0 Å². The van der Waals surface area contributed by atoms with E-state index in [1.807, 2.05) is 0 Å². The molecule has 0 unspecified atom stereocenters. The van der Waals surface area contributed by atoms with Crippen molar-refractivity contribution in [3.63, 3.8) is 0 Å². The van der Waals surface area contributed by atoms with E-state index in [9.17, 15) is 14.9 Å². The van der Waals surface area contributed by atoms with E-state index in [-0.39, 0.29) is 17.4 Å². The maximum absolute atomic E-state index is 11.7. The van der Waals surface area contributed by atoms with Crippen LogP contribution in [0.25, 0.3) is 0 Å². The van der Waals surface area contributed by atoms with Gasteiger partial charge in [0, 0.05) is 21.5 Å². The summed E-state index contributed by atoms with van der Waals surface area (Å²) in [6, 6.07) is 13.0. The van der Waals surface area contributed by atoms with Crippen LogP contribution in [0.3, 0.4) is 0 Å². The first-order valence-corrected chi connectivity index (χ1v) is 7.66. The van der Waals surface area contributed by atoms with E-state index >= 15 is 0 Å². The number of benzene rings is 2. The van der Waals surface area contributed by atoms with Crippen LogP contribution < -0.4 is 4.74 Å². The summed E-state index contributed by atoms with van der Waals surface area (Å²) in [5, 5.41) is 10.5. The molecule has 21 heavy (non-hydrogen) atoms. The number of nitrogens with zero attached hydrogens (tertiary/aromatic N) is 1. The average Bonchev–Trinajstić information content (AvgIpc) is 2.48. The number of nitro benzene ring substituents is 1. The number of carbonyl (C=O) groups is 1. The van der Waals surface area contributed by atoms with Crippen molar-refractivity contribution in [2.75, 3.05) is 5.75 Å². The number of hydrogen-bond donors (Lipinski definition) is 0. The number of esters is 1. The Morgan fingerprint density at radius 1 is 1.14 bits per heavy atom. The Morgan fingerprint density at radius 2 is 1.76 bits per heavy atom. The van der Waals surface area contributed by atoms with Gasteiger partial charge in [0.15, 0.2) is 0 Å². The van der Waals surface area contributed by atoms with Crippen LogP contribution >= 0.6 is 27.7 Å². The molecule has 0 saturated carbocycles. The first-order valence-electron chi connectivity index (χ1n) is 5.88. The summed E-state index contributed by atoms with van der Waals surface area (Å²) >= 11 is 4.56. The maximum atomic E-state index is 11.7. The molecule has 108 valence electrons. The molecule has 2 aromatic rings. The number of halogens is 1. The second-order valence-corrected chi connectivity index (χ2v) is 5.93. The second kappa shape index (κ2) is 7.24. The molecule has 7 heteroatoms. The predicted octanol–water partition coefficient (Wildman–Crippen LogP) is 4.06. The molecule has 0 atom stereocenters. The van der Waals surface area contributed by atoms with E-state index in [0.717, 1.165) is 9.37 Å². The monoisotopic (exact) mass is 367 g/mol. The minimum absolute atomic E-state index is 0.0248. The third-order valence-corrected chi connectivity index (χ3v) is 3.96. The Labute approximate surface area is 133 Å². The van der Waals surface area contributed by atoms with Crippen molar-refractivity contribution in [3.05, 3.63) is 63.1 Å². The van der Waals surface area contributed by atoms with Gasteiger partial charge >= 0.3 is 5.97 Å². The van der Waals surface area contributed by atoms with Crippen molar-refractivity contribution < 1.29 is 14.5 Å². The number of thioether (sulfide) groups is 1. The molecule has 2 aromatic carbocycles. The number of ether oxygens (including phenoxy) is 1. The third kappa shape index (κ3) is 4.87. The van der Waals surface area contributed by atoms with Gasteiger partial charge in [-0.15, -0.1) is 11.8 Å². The fraction of sp³-hybridized carbons (Fsp3) is 0.0714. The third-order valence-electron chi connectivity index (χ3n) is 2.45. The summed E-state index contributed by atoms with van der Waals surface area (Å²) in [6.07, 6.45) is 0. The van der Waals surface area contributed by atoms with Gasteiger partial charge in [0.1, 0.15) is 5.75 Å². The summed E-state index contributed by atoms with van der Waals surface area (Å²) in [5.74, 6) is 0.238. The lowest BCUT2D eigenvalue weighted by Gasteiger charge is -2.04. The fourth-order valence-corrected chi connectivity index (χ4v) is 2.41. The summed E-state index contributed by atoms with van der Waals surface area (Å²) in [7, 11) is 0. The quantitative estimate of drug-likeness (QED) is 0.262. The van der Waals surface area contributed by atoms with Crippen LogP contribution in [0.2, 0.25) is 0 Å². The topological polar surface area (TPSA) is 69.4 Å². The van der Waals surface area contributed by atoms with Crippen LogP contribution in [-0.2, 0) is 4.79 Å². The lowest BCUT2D eigenvalue weighted by atomic mass is 10.3. The smallest absolute Gasteiger partial charge is 0.321 e. The summed E-state index contributed by atoms with van der Waals surface area (Å²) in [5.41, 5.74) is 0.0248. The zero-order valence-electron chi connectivity index (χ0n) is 10.7. The number of non-ortho nitro benzene ring substituents is 1. The fourth-order valence-electron chi connectivity index (χ4n) is 1.47. The van der Waals surface area contributed by atoms with Gasteiger partial charge in [-0.05, 0) is 36.4 Å². The van der Waals surface area contributed by atoms with E-state index in [2.05, 4.69) is 15.9 Å². The van der Waals surface area contributed by atoms with Gasteiger partial charge in [0.25, 0.3) is 5.69 Å². The summed E-state index contributed by atoms with van der Waals surface area (Å²) in [6.45, 7) is 0. The van der Waals surface area contributed by atoms with Crippen LogP contribution in [0.1, 0.15) is 0 Å². The molecule has 5 nitrogen and oxygen atoms in total. The van der Waals surface area contributed by atoms with Gasteiger partial charge in [0.05, 0.1) is 10.7 Å². The summed E-state index contributed by atoms with van der Waals surface area (Å²) in [4.78, 5) is 22.5. The van der Waals surface area contributed by atoms with Gasteiger partial charge in [-0.3, -0.25) is 14.9 Å². The predicted molar refractivity (Wildman–Crippen MR) is 83.6 cm³/mol. The van der Waals surface area contributed by atoms with Crippen LogP contribution in [0.5, 0.6) is 5.75 Å². The SMILES string of the molecule is O=C(CSc1ccc([N+](=O)[O-])cc1)Oc1ccc(Br)cc1. The van der Waals surface area contributed by atoms with Gasteiger partial charge in [-0.1, -0.05) is 15.9 Å². The van der Waals surface area contributed by atoms with Crippen LogP contribution in [0, 0.1) is 10.1 Å². The van der Waals surface area contributed by atoms with E-state index in [1.165, 1.54) is 23.9 Å². The van der Waals surface area contributed by atoms with Crippen molar-refractivity contribution in [2.45, 2.75) is 4.90 Å². The standard InChI is InChI=1S/C14H10BrNO4S/c15-10-1-5-12(6-2-10)20-14(17)9-21-13-7-3-11(4-8-13)16(18)19/h1-8H,9H2. The van der Waals surface area contributed by atoms with Gasteiger partial charge in [-0.25, -0.2) is 0 Å². The van der Waals surface area contributed by atoms with Crippen molar-refractivity contribution in [2.24, 2.45) is 0 Å². The Balaban J connectivity index is 1.86. The van der Waals surface area contributed by atoms with Crippen LogP contribution in [-0.4, -0.2) is 16.6 Å². The highest BCUT2D eigenvalue weighted by atomic mass is 79.9. The molecule has 0 amide bonds. The van der Waals surface area contributed by atoms with E-state index in [4.69, 9.17) is 4.74 Å². The van der Waals surface area contributed by atoms with E-state index in [0.29, 0.717) is 5.75 Å². The molecule has 0 N–H and O–H groups in total. The number of nitro groups is 1. The second-order valence-electron chi connectivity index (χ2n) is 3.97. The zero-order chi connectivity index (χ0) is 15.2. The first-order chi connectivity index (χ1) is 10.0. The summed E-state index contributed by atoms with van der Waals surface area (Å²) < 4.78 is 6.07. The highest BCUT2D eigenvalue weighted by Gasteiger charge is 2.08. The van der Waals surface area contributed by atoms with Crippen LogP contribution in [0.15, 0.2) is 57.9 Å². The van der Waals surface area contributed by atoms with E-state index < -0.39 is 4.92 Å². The van der Waals surface area contributed by atoms with Crippen molar-refractivity contribution in [3.8, 4) is 5.75 Å². The van der Waals surface area contributed by atoms with Crippen molar-refractivity contribution >= 4 is 39.3 Å². The molecule has 0 spiro atoms. The maximum Gasteiger partial charge on any atom is 0.321 e. The van der Waals surface area contributed by atoms with Gasteiger partial charge in [-0.2, -0.15) is 0 Å². The highest BCUT2D eigenvalue weighted by molar-refractivity contribution is 9.10. The molecule has 0 bridgehead atoms. The molecule has 0 aliphatic heterocycles. The zero-order valence-corrected chi connectivity index (χ0v) is 13.1. The number of carbonyl (C=O) groups excluding carboxylic acids is 1. The Bertz CT molecular complexity index is 643. The Morgan fingerprint density at radius 3 is 2.33 bits per heavy atom. The molecule has 0 saturated heterocycles. The molecular formula is C14H10BrNO4S. The molecule has 2 rings (SSSR count). The lowest BCUT2D eigenvalue weighted by molar-refractivity contribution is -0.384. The molecule has 0 heterocycles.